The van der Waals surface area contributed by atoms with Crippen molar-refractivity contribution in [2.24, 2.45) is 0 Å². The van der Waals surface area contributed by atoms with Crippen LogP contribution >= 0.6 is 15.9 Å². The zero-order valence-corrected chi connectivity index (χ0v) is 12.7. The van der Waals surface area contributed by atoms with E-state index in [0.29, 0.717) is 5.56 Å². The molecule has 4 heteroatoms. The van der Waals surface area contributed by atoms with Crippen LogP contribution in [-0.4, -0.2) is 35.8 Å². The number of nitrogens with zero attached hydrogens (tertiary/aromatic N) is 1. The Morgan fingerprint density at radius 3 is 2.78 bits per heavy atom. The van der Waals surface area contributed by atoms with Crippen molar-refractivity contribution in [1.82, 2.24) is 4.90 Å². The van der Waals surface area contributed by atoms with E-state index in [1.54, 1.807) is 11.0 Å². The SMILES string of the molecule is CC(C)Oc1cccc(C(=O)N(C)CCCBr)c1. The van der Waals surface area contributed by atoms with Crippen LogP contribution in [-0.2, 0) is 0 Å². The first-order chi connectivity index (χ1) is 8.54. The number of carbonyl (C=O) groups is 1. The van der Waals surface area contributed by atoms with Crippen molar-refractivity contribution < 1.29 is 9.53 Å². The highest BCUT2D eigenvalue weighted by atomic mass is 79.9. The highest BCUT2D eigenvalue weighted by molar-refractivity contribution is 9.09. The molecule has 0 unspecified atom stereocenters. The summed E-state index contributed by atoms with van der Waals surface area (Å²) in [5, 5.41) is 0.904. The topological polar surface area (TPSA) is 29.5 Å². The highest BCUT2D eigenvalue weighted by Gasteiger charge is 2.12. The molecule has 0 heterocycles. The number of hydrogen-bond acceptors (Lipinski definition) is 2. The predicted octanol–water partition coefficient (Wildman–Crippen LogP) is 3.33. The zero-order valence-electron chi connectivity index (χ0n) is 11.1. The lowest BCUT2D eigenvalue weighted by Crippen LogP contribution is -2.27. The molecular weight excluding hydrogens is 294 g/mol. The number of ether oxygens (including phenoxy) is 1. The van der Waals surface area contributed by atoms with Gasteiger partial charge in [0.2, 0.25) is 0 Å². The molecule has 1 aromatic carbocycles. The average molecular weight is 314 g/mol. The van der Waals surface area contributed by atoms with Crippen molar-refractivity contribution in [2.75, 3.05) is 18.9 Å². The molecule has 100 valence electrons. The molecule has 0 radical (unpaired) electrons. The lowest BCUT2D eigenvalue weighted by atomic mass is 10.2. The molecule has 0 aliphatic rings. The minimum atomic E-state index is 0.0326. The molecule has 1 aromatic rings. The Hall–Kier alpha value is -1.03. The van der Waals surface area contributed by atoms with Gasteiger partial charge in [-0.15, -0.1) is 0 Å². The summed E-state index contributed by atoms with van der Waals surface area (Å²) in [7, 11) is 1.82. The fraction of sp³-hybridized carbons (Fsp3) is 0.500. The van der Waals surface area contributed by atoms with E-state index in [4.69, 9.17) is 4.74 Å². The maximum atomic E-state index is 12.1. The first kappa shape index (κ1) is 15.0. The van der Waals surface area contributed by atoms with E-state index in [9.17, 15) is 4.79 Å². The molecule has 0 aliphatic heterocycles. The van der Waals surface area contributed by atoms with Crippen LogP contribution in [0.2, 0.25) is 0 Å². The smallest absolute Gasteiger partial charge is 0.253 e. The summed E-state index contributed by atoms with van der Waals surface area (Å²) in [5.41, 5.74) is 0.672. The number of amides is 1. The van der Waals surface area contributed by atoms with Gasteiger partial charge in [0.05, 0.1) is 6.10 Å². The van der Waals surface area contributed by atoms with Crippen molar-refractivity contribution in [3.8, 4) is 5.75 Å². The van der Waals surface area contributed by atoms with Crippen molar-refractivity contribution in [3.63, 3.8) is 0 Å². The predicted molar refractivity (Wildman–Crippen MR) is 77.6 cm³/mol. The third-order valence-corrected chi connectivity index (χ3v) is 2.99. The first-order valence-corrected chi connectivity index (χ1v) is 7.25. The quantitative estimate of drug-likeness (QED) is 0.754. The van der Waals surface area contributed by atoms with Gasteiger partial charge < -0.3 is 9.64 Å². The molecule has 0 saturated carbocycles. The van der Waals surface area contributed by atoms with Crippen LogP contribution in [0.3, 0.4) is 0 Å². The number of carbonyl (C=O) groups excluding carboxylic acids is 1. The molecule has 3 nitrogen and oxygen atoms in total. The molecule has 0 N–H and O–H groups in total. The average Bonchev–Trinajstić information content (AvgIpc) is 2.34. The van der Waals surface area contributed by atoms with Gasteiger partial charge >= 0.3 is 0 Å². The molecular formula is C14H20BrNO2. The second kappa shape index (κ2) is 7.41. The standard InChI is InChI=1S/C14H20BrNO2/c1-11(2)18-13-7-4-6-12(10-13)14(17)16(3)9-5-8-15/h4,6-7,10-11H,5,8-9H2,1-3H3. The van der Waals surface area contributed by atoms with E-state index in [0.717, 1.165) is 24.0 Å². The number of halogens is 1. The Morgan fingerprint density at radius 1 is 1.44 bits per heavy atom. The Morgan fingerprint density at radius 2 is 2.17 bits per heavy atom. The Labute approximate surface area is 117 Å². The van der Waals surface area contributed by atoms with Crippen LogP contribution in [0.15, 0.2) is 24.3 Å². The van der Waals surface area contributed by atoms with E-state index in [1.165, 1.54) is 0 Å². The maximum absolute atomic E-state index is 12.1. The number of alkyl halides is 1. The summed E-state index contributed by atoms with van der Waals surface area (Å²) in [4.78, 5) is 13.9. The summed E-state index contributed by atoms with van der Waals surface area (Å²) in [6, 6.07) is 7.34. The molecule has 0 aromatic heterocycles. The highest BCUT2D eigenvalue weighted by Crippen LogP contribution is 2.16. The Kier molecular flexibility index (Phi) is 6.19. The van der Waals surface area contributed by atoms with Crippen LogP contribution in [0.5, 0.6) is 5.75 Å². The van der Waals surface area contributed by atoms with Gasteiger partial charge in [-0.3, -0.25) is 4.79 Å². The molecule has 18 heavy (non-hydrogen) atoms. The van der Waals surface area contributed by atoms with Crippen molar-refractivity contribution in [2.45, 2.75) is 26.4 Å². The molecule has 0 saturated heterocycles. The number of hydrogen-bond donors (Lipinski definition) is 0. The zero-order chi connectivity index (χ0) is 13.5. The van der Waals surface area contributed by atoms with E-state index in [-0.39, 0.29) is 12.0 Å². The number of benzene rings is 1. The minimum absolute atomic E-state index is 0.0326. The van der Waals surface area contributed by atoms with E-state index in [1.807, 2.05) is 39.1 Å². The van der Waals surface area contributed by atoms with Gasteiger partial charge in [-0.2, -0.15) is 0 Å². The number of rotatable bonds is 6. The summed E-state index contributed by atoms with van der Waals surface area (Å²) in [5.74, 6) is 0.773. The third kappa shape index (κ3) is 4.69. The fourth-order valence-electron chi connectivity index (χ4n) is 1.59. The second-order valence-electron chi connectivity index (χ2n) is 4.46. The second-order valence-corrected chi connectivity index (χ2v) is 5.26. The van der Waals surface area contributed by atoms with E-state index >= 15 is 0 Å². The molecule has 0 fully saturated rings. The van der Waals surface area contributed by atoms with Crippen LogP contribution in [0.1, 0.15) is 30.6 Å². The van der Waals surface area contributed by atoms with Crippen LogP contribution in [0, 0.1) is 0 Å². The molecule has 0 atom stereocenters. The van der Waals surface area contributed by atoms with Gasteiger partial charge in [0, 0.05) is 24.5 Å². The normalized spacial score (nSPS) is 10.5. The summed E-state index contributed by atoms with van der Waals surface area (Å²) in [6.07, 6.45) is 1.06. The summed E-state index contributed by atoms with van der Waals surface area (Å²) in [6.45, 7) is 4.69. The molecule has 1 rings (SSSR count). The molecule has 1 amide bonds. The van der Waals surface area contributed by atoms with Gasteiger partial charge in [-0.25, -0.2) is 0 Å². The summed E-state index contributed by atoms with van der Waals surface area (Å²) < 4.78 is 5.59. The largest absolute Gasteiger partial charge is 0.491 e. The molecule has 0 spiro atoms. The Balaban J connectivity index is 2.73. The van der Waals surface area contributed by atoms with Crippen LogP contribution < -0.4 is 4.74 Å². The lowest BCUT2D eigenvalue weighted by molar-refractivity contribution is 0.0795. The van der Waals surface area contributed by atoms with Gasteiger partial charge in [0.25, 0.3) is 5.91 Å². The van der Waals surface area contributed by atoms with Crippen LogP contribution in [0.4, 0.5) is 0 Å². The van der Waals surface area contributed by atoms with Gasteiger partial charge in [-0.05, 0) is 38.5 Å². The molecule has 0 bridgehead atoms. The third-order valence-electron chi connectivity index (χ3n) is 2.43. The maximum Gasteiger partial charge on any atom is 0.253 e. The van der Waals surface area contributed by atoms with Crippen LogP contribution in [0.25, 0.3) is 0 Å². The molecule has 0 aliphatic carbocycles. The van der Waals surface area contributed by atoms with Gasteiger partial charge in [0.15, 0.2) is 0 Å². The summed E-state index contributed by atoms with van der Waals surface area (Å²) >= 11 is 3.36. The van der Waals surface area contributed by atoms with Crippen molar-refractivity contribution in [1.29, 1.82) is 0 Å². The van der Waals surface area contributed by atoms with E-state index < -0.39 is 0 Å². The van der Waals surface area contributed by atoms with Gasteiger partial charge in [0.1, 0.15) is 5.75 Å². The minimum Gasteiger partial charge on any atom is -0.491 e. The monoisotopic (exact) mass is 313 g/mol. The van der Waals surface area contributed by atoms with Crippen molar-refractivity contribution in [3.05, 3.63) is 29.8 Å². The van der Waals surface area contributed by atoms with Gasteiger partial charge in [-0.1, -0.05) is 22.0 Å². The Bertz CT molecular complexity index is 393. The lowest BCUT2D eigenvalue weighted by Gasteiger charge is -2.17. The van der Waals surface area contributed by atoms with E-state index in [2.05, 4.69) is 15.9 Å². The first-order valence-electron chi connectivity index (χ1n) is 6.12. The fourth-order valence-corrected chi connectivity index (χ4v) is 1.84. The van der Waals surface area contributed by atoms with Crippen molar-refractivity contribution >= 4 is 21.8 Å².